The monoisotopic (exact) mass is 351 g/mol. The summed E-state index contributed by atoms with van der Waals surface area (Å²) in [6.07, 6.45) is 0.499. The van der Waals surface area contributed by atoms with Crippen molar-refractivity contribution in [1.29, 1.82) is 0 Å². The fourth-order valence-electron chi connectivity index (χ4n) is 2.97. The summed E-state index contributed by atoms with van der Waals surface area (Å²) < 4.78 is 13.8. The van der Waals surface area contributed by atoms with Crippen molar-refractivity contribution in [2.75, 3.05) is 0 Å². The van der Waals surface area contributed by atoms with Crippen LogP contribution in [0.15, 0.2) is 60.7 Å². The number of hydrogen-bond acceptors (Lipinski definition) is 3. The summed E-state index contributed by atoms with van der Waals surface area (Å²) in [7, 11) is 0. The molecular formula is C20H14FNO2S. The van der Waals surface area contributed by atoms with Gasteiger partial charge in [0.2, 0.25) is 0 Å². The largest absolute Gasteiger partial charge is 0.269 e. The Bertz CT molecular complexity index is 944. The van der Waals surface area contributed by atoms with Crippen LogP contribution in [0.1, 0.15) is 36.0 Å². The van der Waals surface area contributed by atoms with E-state index in [2.05, 4.69) is 0 Å². The van der Waals surface area contributed by atoms with Crippen LogP contribution in [-0.4, -0.2) is 16.7 Å². The molecule has 0 spiro atoms. The fraction of sp³-hybridized carbons (Fsp3) is 0.100. The third-order valence-corrected chi connectivity index (χ3v) is 5.30. The van der Waals surface area contributed by atoms with Crippen LogP contribution < -0.4 is 0 Å². The van der Waals surface area contributed by atoms with Gasteiger partial charge in [0.1, 0.15) is 5.82 Å². The summed E-state index contributed by atoms with van der Waals surface area (Å²) in [5.74, 6) is -0.743. The van der Waals surface area contributed by atoms with Crippen LogP contribution in [0.2, 0.25) is 0 Å². The Kier molecular flexibility index (Phi) is 3.93. The van der Waals surface area contributed by atoms with Gasteiger partial charge in [-0.2, -0.15) is 0 Å². The molecule has 0 atom stereocenters. The zero-order chi connectivity index (χ0) is 17.4. The van der Waals surface area contributed by atoms with Crippen molar-refractivity contribution in [3.63, 3.8) is 0 Å². The third-order valence-electron chi connectivity index (χ3n) is 4.23. The van der Waals surface area contributed by atoms with E-state index in [9.17, 15) is 14.0 Å². The maximum absolute atomic E-state index is 13.8. The number of halogens is 1. The standard InChI is InChI=1S/C20H14FNO2S/c21-18-8-4-1-5-13(18)11-14-9-10-15(25-14)12-22-19(23)16-6-2-3-7-17(16)20(22)24/h1-10H,11-12H2. The van der Waals surface area contributed by atoms with E-state index in [-0.39, 0.29) is 24.2 Å². The predicted octanol–water partition coefficient (Wildman–Crippen LogP) is 4.27. The van der Waals surface area contributed by atoms with E-state index >= 15 is 0 Å². The minimum Gasteiger partial charge on any atom is -0.269 e. The maximum atomic E-state index is 13.8. The lowest BCUT2D eigenvalue weighted by Crippen LogP contribution is -2.28. The number of thiophene rings is 1. The summed E-state index contributed by atoms with van der Waals surface area (Å²) >= 11 is 1.49. The Morgan fingerprint density at radius 1 is 0.800 bits per heavy atom. The van der Waals surface area contributed by atoms with Gasteiger partial charge in [0.05, 0.1) is 17.7 Å². The molecule has 0 saturated heterocycles. The maximum Gasteiger partial charge on any atom is 0.261 e. The van der Waals surface area contributed by atoms with E-state index in [1.807, 2.05) is 18.2 Å². The minimum atomic E-state index is -0.260. The molecule has 1 aromatic heterocycles. The lowest BCUT2D eigenvalue weighted by Gasteiger charge is -2.12. The molecule has 0 fully saturated rings. The molecule has 0 saturated carbocycles. The highest BCUT2D eigenvalue weighted by Crippen LogP contribution is 2.27. The first-order valence-electron chi connectivity index (χ1n) is 7.89. The van der Waals surface area contributed by atoms with Gasteiger partial charge in [-0.3, -0.25) is 14.5 Å². The highest BCUT2D eigenvalue weighted by atomic mass is 32.1. The van der Waals surface area contributed by atoms with Gasteiger partial charge in [0.25, 0.3) is 11.8 Å². The van der Waals surface area contributed by atoms with Gasteiger partial charge < -0.3 is 0 Å². The molecule has 0 N–H and O–H groups in total. The molecule has 0 unspecified atom stereocenters. The second kappa shape index (κ2) is 6.26. The highest BCUT2D eigenvalue weighted by molar-refractivity contribution is 7.12. The van der Waals surface area contributed by atoms with Gasteiger partial charge in [-0.1, -0.05) is 30.3 Å². The summed E-state index contributed by atoms with van der Waals surface area (Å²) in [4.78, 5) is 28.0. The van der Waals surface area contributed by atoms with Crippen LogP contribution >= 0.6 is 11.3 Å². The first-order valence-corrected chi connectivity index (χ1v) is 8.71. The van der Waals surface area contributed by atoms with Crippen molar-refractivity contribution in [3.05, 3.63) is 92.9 Å². The highest BCUT2D eigenvalue weighted by Gasteiger charge is 2.35. The van der Waals surface area contributed by atoms with Crippen LogP contribution in [-0.2, 0) is 13.0 Å². The molecule has 2 aromatic carbocycles. The van der Waals surface area contributed by atoms with Crippen LogP contribution in [0, 0.1) is 5.82 Å². The summed E-state index contributed by atoms with van der Waals surface area (Å²) in [6.45, 7) is 0.244. The molecule has 25 heavy (non-hydrogen) atoms. The number of hydrogen-bond donors (Lipinski definition) is 0. The van der Waals surface area contributed by atoms with E-state index in [1.165, 1.54) is 22.3 Å². The third kappa shape index (κ3) is 2.87. The topological polar surface area (TPSA) is 37.4 Å². The predicted molar refractivity (Wildman–Crippen MR) is 94.2 cm³/mol. The van der Waals surface area contributed by atoms with Gasteiger partial charge in [-0.25, -0.2) is 4.39 Å². The average Bonchev–Trinajstić information content (AvgIpc) is 3.16. The zero-order valence-electron chi connectivity index (χ0n) is 13.2. The molecule has 1 aliphatic rings. The number of rotatable bonds is 4. The number of nitrogens with zero attached hydrogens (tertiary/aromatic N) is 1. The van der Waals surface area contributed by atoms with Crippen molar-refractivity contribution in [3.8, 4) is 0 Å². The number of benzene rings is 2. The second-order valence-electron chi connectivity index (χ2n) is 5.88. The van der Waals surface area contributed by atoms with Gasteiger partial charge in [-0.15, -0.1) is 11.3 Å². The summed E-state index contributed by atoms with van der Waals surface area (Å²) in [6, 6.07) is 17.4. The molecule has 0 radical (unpaired) electrons. The molecular weight excluding hydrogens is 337 g/mol. The van der Waals surface area contributed by atoms with Gasteiger partial charge in [0, 0.05) is 16.2 Å². The number of carbonyl (C=O) groups excluding carboxylic acids is 2. The minimum absolute atomic E-state index is 0.224. The second-order valence-corrected chi connectivity index (χ2v) is 7.13. The van der Waals surface area contributed by atoms with E-state index in [0.29, 0.717) is 23.1 Å². The molecule has 2 heterocycles. The smallest absolute Gasteiger partial charge is 0.261 e. The Balaban J connectivity index is 1.52. The summed E-state index contributed by atoms with van der Waals surface area (Å²) in [5.41, 5.74) is 1.54. The quantitative estimate of drug-likeness (QED) is 0.658. The average molecular weight is 351 g/mol. The Morgan fingerprint density at radius 2 is 1.40 bits per heavy atom. The molecule has 5 heteroatoms. The van der Waals surface area contributed by atoms with E-state index in [0.717, 1.165) is 9.75 Å². The van der Waals surface area contributed by atoms with Crippen molar-refractivity contribution in [2.24, 2.45) is 0 Å². The number of amides is 2. The Morgan fingerprint density at radius 3 is 2.08 bits per heavy atom. The van der Waals surface area contributed by atoms with Gasteiger partial charge in [0.15, 0.2) is 0 Å². The lowest BCUT2D eigenvalue weighted by atomic mass is 10.1. The van der Waals surface area contributed by atoms with Gasteiger partial charge >= 0.3 is 0 Å². The van der Waals surface area contributed by atoms with Gasteiger partial charge in [-0.05, 0) is 35.9 Å². The van der Waals surface area contributed by atoms with Crippen LogP contribution in [0.3, 0.4) is 0 Å². The fourth-order valence-corrected chi connectivity index (χ4v) is 4.00. The van der Waals surface area contributed by atoms with Crippen LogP contribution in [0.25, 0.3) is 0 Å². The molecule has 124 valence electrons. The molecule has 3 nitrogen and oxygen atoms in total. The van der Waals surface area contributed by atoms with Crippen molar-refractivity contribution < 1.29 is 14.0 Å². The summed E-state index contributed by atoms with van der Waals surface area (Å²) in [5, 5.41) is 0. The molecule has 0 aliphatic carbocycles. The number of carbonyl (C=O) groups is 2. The van der Waals surface area contributed by atoms with Crippen molar-refractivity contribution in [1.82, 2.24) is 4.90 Å². The molecule has 0 bridgehead atoms. The molecule has 3 aromatic rings. The first kappa shape index (κ1) is 15.7. The SMILES string of the molecule is O=C1c2ccccc2C(=O)N1Cc1ccc(Cc2ccccc2F)s1. The first-order chi connectivity index (χ1) is 12.1. The Hall–Kier alpha value is -2.79. The van der Waals surface area contributed by atoms with Crippen molar-refractivity contribution >= 4 is 23.2 Å². The molecule has 1 aliphatic heterocycles. The molecule has 4 rings (SSSR count). The van der Waals surface area contributed by atoms with E-state index in [1.54, 1.807) is 36.4 Å². The van der Waals surface area contributed by atoms with Crippen molar-refractivity contribution in [2.45, 2.75) is 13.0 Å². The lowest BCUT2D eigenvalue weighted by molar-refractivity contribution is 0.0644. The van der Waals surface area contributed by atoms with E-state index in [4.69, 9.17) is 0 Å². The number of imide groups is 1. The molecule has 2 amide bonds. The number of fused-ring (bicyclic) bond motifs is 1. The zero-order valence-corrected chi connectivity index (χ0v) is 14.1. The van der Waals surface area contributed by atoms with Crippen LogP contribution in [0.5, 0.6) is 0 Å². The van der Waals surface area contributed by atoms with Crippen LogP contribution in [0.4, 0.5) is 4.39 Å². The normalized spacial score (nSPS) is 13.4. The Labute approximate surface area is 148 Å². The van der Waals surface area contributed by atoms with E-state index < -0.39 is 0 Å².